The van der Waals surface area contributed by atoms with E-state index in [0.29, 0.717) is 57.7 Å². The fourth-order valence-corrected chi connectivity index (χ4v) is 5.05. The maximum absolute atomic E-state index is 10.7. The van der Waals surface area contributed by atoms with E-state index in [2.05, 4.69) is 41.2 Å². The largest absolute Gasteiger partial charge is 0.410 e. The van der Waals surface area contributed by atoms with Gasteiger partial charge in [-0.3, -0.25) is 10.1 Å². The Hall–Kier alpha value is -6.05. The predicted octanol–water partition coefficient (Wildman–Crippen LogP) is 5.78. The van der Waals surface area contributed by atoms with Crippen molar-refractivity contribution < 1.29 is 25.8 Å². The van der Waals surface area contributed by atoms with Gasteiger partial charge in [-0.15, -0.1) is 20.4 Å². The number of halogens is 3. The van der Waals surface area contributed by atoms with Gasteiger partial charge in [0.1, 0.15) is 44.1 Å². The molecule has 258 valence electrons. The van der Waals surface area contributed by atoms with Crippen molar-refractivity contribution in [3.05, 3.63) is 96.0 Å². The fourth-order valence-electron chi connectivity index (χ4n) is 4.47. The molecule has 19 nitrogen and oxygen atoms in total. The summed E-state index contributed by atoms with van der Waals surface area (Å²) in [5, 5.41) is 76.9. The van der Waals surface area contributed by atoms with E-state index in [1.807, 2.05) is 39.0 Å². The Morgan fingerprint density at radius 2 is 1.20 bits per heavy atom. The molecule has 0 amide bonds. The second kappa shape index (κ2) is 14.2. The van der Waals surface area contributed by atoms with Gasteiger partial charge < -0.3 is 20.8 Å². The van der Waals surface area contributed by atoms with Gasteiger partial charge in [-0.25, -0.2) is 0 Å². The van der Waals surface area contributed by atoms with E-state index in [4.69, 9.17) is 50.4 Å². The molecule has 0 atom stereocenters. The normalized spacial score (nSPS) is 10.8. The van der Waals surface area contributed by atoms with Gasteiger partial charge in [-0.1, -0.05) is 66.3 Å². The van der Waals surface area contributed by atoms with Crippen LogP contribution in [0.1, 0.15) is 22.3 Å². The lowest BCUT2D eigenvalue weighted by atomic mass is 10.1. The van der Waals surface area contributed by atoms with Crippen molar-refractivity contribution in [2.75, 3.05) is 0 Å². The zero-order valence-corrected chi connectivity index (χ0v) is 28.4. The number of aromatic nitrogens is 12. The highest BCUT2D eigenvalue weighted by Gasteiger charge is 2.21. The number of hydrogen-bond acceptors (Lipinski definition) is 14. The van der Waals surface area contributed by atoms with E-state index in [-0.39, 0.29) is 27.3 Å². The van der Waals surface area contributed by atoms with Crippen molar-refractivity contribution in [1.29, 1.82) is 0 Å². The maximum Gasteiger partial charge on any atom is 0.276 e. The molecule has 0 bridgehead atoms. The highest BCUT2D eigenvalue weighted by Crippen LogP contribution is 2.31. The number of nitro benzene ring substituents is 1. The molecule has 0 radical (unpaired) electrons. The fraction of sp³-hybridized carbons (Fsp3) is 0.143. The van der Waals surface area contributed by atoms with E-state index < -0.39 is 4.92 Å². The molecule has 4 aromatic carbocycles. The average Bonchev–Trinajstić information content (AvgIpc) is 3.85. The standard InChI is InChI=1S/C7H5ClN4O3.2C7H6ClN3O.C7H7N3O/c1-3-5(12(14)15)2-4(8)6-7(3)11(13)10-9-6;1-4-2-6-7(3-5(4)8)11(12)10-9-6;1-4-2-3-5-7(6(4)8)9-10-11(5)12;1-5-2-3-6-7(4-5)10(11)9-8-6/h2,13H,1H3;2*2-3,12H,1H3;2-4,11H,1H3. The zero-order valence-electron chi connectivity index (χ0n) is 26.2. The first-order valence-electron chi connectivity index (χ1n) is 14.0. The van der Waals surface area contributed by atoms with Crippen LogP contribution in [0.15, 0.2) is 48.5 Å². The second-order valence-corrected chi connectivity index (χ2v) is 11.7. The minimum absolute atomic E-state index is 0.0857. The third-order valence-electron chi connectivity index (χ3n) is 7.10. The van der Waals surface area contributed by atoms with Crippen molar-refractivity contribution in [2.24, 2.45) is 0 Å². The van der Waals surface area contributed by atoms with Crippen LogP contribution in [0.4, 0.5) is 5.69 Å². The van der Waals surface area contributed by atoms with Gasteiger partial charge in [0.05, 0.1) is 20.5 Å². The zero-order chi connectivity index (χ0) is 36.4. The van der Waals surface area contributed by atoms with Crippen molar-refractivity contribution >= 4 is 84.6 Å². The summed E-state index contributed by atoms with van der Waals surface area (Å²) < 4.78 is 0. The van der Waals surface area contributed by atoms with Crippen LogP contribution in [0, 0.1) is 37.8 Å². The summed E-state index contributed by atoms with van der Waals surface area (Å²) in [6.07, 6.45) is 0. The number of nitrogens with zero attached hydrogens (tertiary/aromatic N) is 13. The van der Waals surface area contributed by atoms with Crippen LogP contribution in [-0.2, 0) is 0 Å². The highest BCUT2D eigenvalue weighted by atomic mass is 35.5. The summed E-state index contributed by atoms with van der Waals surface area (Å²) in [7, 11) is 0. The SMILES string of the molecule is Cc1c([N+](=O)[O-])cc(Cl)c2nnn(O)c12.Cc1cc2nnn(O)c2cc1Cl.Cc1ccc2c(nnn2O)c1Cl.Cc1ccc2nnn(O)c2c1. The van der Waals surface area contributed by atoms with Gasteiger partial charge in [-0.2, -0.15) is 0 Å². The number of fused-ring (bicyclic) bond motifs is 4. The summed E-state index contributed by atoms with van der Waals surface area (Å²) in [5.41, 5.74) is 6.95. The van der Waals surface area contributed by atoms with E-state index in [1.165, 1.54) is 13.0 Å². The van der Waals surface area contributed by atoms with Crippen molar-refractivity contribution in [3.63, 3.8) is 0 Å². The minimum Gasteiger partial charge on any atom is -0.410 e. The second-order valence-electron chi connectivity index (χ2n) is 10.5. The van der Waals surface area contributed by atoms with E-state index in [0.717, 1.165) is 21.5 Å². The lowest BCUT2D eigenvalue weighted by Crippen LogP contribution is -1.97. The molecule has 0 aliphatic heterocycles. The molecule has 22 heteroatoms. The van der Waals surface area contributed by atoms with Crippen LogP contribution in [0.3, 0.4) is 0 Å². The number of aryl methyl sites for hydroxylation is 4. The molecule has 0 saturated carbocycles. The molecule has 50 heavy (non-hydrogen) atoms. The third kappa shape index (κ3) is 7.04. The Morgan fingerprint density at radius 1 is 0.620 bits per heavy atom. The summed E-state index contributed by atoms with van der Waals surface area (Å²) in [6, 6.07) is 13.7. The maximum atomic E-state index is 10.7. The first-order valence-corrected chi connectivity index (χ1v) is 15.1. The van der Waals surface area contributed by atoms with Crippen molar-refractivity contribution in [3.8, 4) is 0 Å². The molecule has 0 fully saturated rings. The summed E-state index contributed by atoms with van der Waals surface area (Å²) in [4.78, 5) is 12.8. The first-order chi connectivity index (χ1) is 23.7. The molecule has 4 N–H and O–H groups in total. The molecule has 8 rings (SSSR count). The minimum atomic E-state index is -0.576. The molecule has 8 aromatic rings. The number of hydrogen-bond donors (Lipinski definition) is 4. The molecular formula is C28H24Cl3N13O6. The Kier molecular flexibility index (Phi) is 10.0. The Morgan fingerprint density at radius 3 is 1.88 bits per heavy atom. The molecule has 4 heterocycles. The number of nitro groups is 1. The van der Waals surface area contributed by atoms with Gasteiger partial charge in [0.25, 0.3) is 5.69 Å². The van der Waals surface area contributed by atoms with Crippen LogP contribution in [0.25, 0.3) is 44.1 Å². The molecule has 0 spiro atoms. The van der Waals surface area contributed by atoms with E-state index >= 15 is 0 Å². The van der Waals surface area contributed by atoms with Crippen LogP contribution in [-0.4, -0.2) is 86.4 Å². The molecule has 0 unspecified atom stereocenters. The summed E-state index contributed by atoms with van der Waals surface area (Å²) in [5.74, 6) is 0. The molecule has 0 aliphatic rings. The smallest absolute Gasteiger partial charge is 0.276 e. The quantitative estimate of drug-likeness (QED) is 0.0885. The van der Waals surface area contributed by atoms with E-state index in [1.54, 1.807) is 24.3 Å². The molecule has 4 aromatic heterocycles. The van der Waals surface area contributed by atoms with Crippen LogP contribution in [0.5, 0.6) is 0 Å². The molecule has 0 aliphatic carbocycles. The van der Waals surface area contributed by atoms with Crippen molar-refractivity contribution in [1.82, 2.24) is 60.6 Å². The molecular weight excluding hydrogens is 721 g/mol. The highest BCUT2D eigenvalue weighted by molar-refractivity contribution is 6.36. The van der Waals surface area contributed by atoms with Crippen LogP contribution in [0.2, 0.25) is 15.1 Å². The lowest BCUT2D eigenvalue weighted by Gasteiger charge is -2.00. The number of benzene rings is 4. The first kappa shape index (κ1) is 35.3. The van der Waals surface area contributed by atoms with Crippen LogP contribution < -0.4 is 0 Å². The lowest BCUT2D eigenvalue weighted by molar-refractivity contribution is -0.385. The summed E-state index contributed by atoms with van der Waals surface area (Å²) >= 11 is 17.5. The topological polar surface area (TPSA) is 247 Å². The predicted molar refractivity (Wildman–Crippen MR) is 179 cm³/mol. The van der Waals surface area contributed by atoms with Gasteiger partial charge >= 0.3 is 0 Å². The average molecular weight is 745 g/mol. The Balaban J connectivity index is 0.000000130. The van der Waals surface area contributed by atoms with E-state index in [9.17, 15) is 15.3 Å². The van der Waals surface area contributed by atoms with Gasteiger partial charge in [0, 0.05) is 11.1 Å². The van der Waals surface area contributed by atoms with Crippen molar-refractivity contribution in [2.45, 2.75) is 27.7 Å². The van der Waals surface area contributed by atoms with Crippen LogP contribution >= 0.6 is 34.8 Å². The number of rotatable bonds is 1. The Labute approximate surface area is 294 Å². The van der Waals surface area contributed by atoms with Gasteiger partial charge in [0.2, 0.25) is 0 Å². The molecule has 0 saturated heterocycles. The monoisotopic (exact) mass is 743 g/mol. The third-order valence-corrected chi connectivity index (χ3v) is 8.28. The van der Waals surface area contributed by atoms with Gasteiger partial charge in [0.15, 0.2) is 0 Å². The summed E-state index contributed by atoms with van der Waals surface area (Å²) in [6.45, 7) is 7.19. The van der Waals surface area contributed by atoms with Gasteiger partial charge in [-0.05, 0) is 95.6 Å². The Bertz CT molecular complexity index is 2520.